The van der Waals surface area contributed by atoms with Gasteiger partial charge in [-0.25, -0.2) is 4.98 Å². The van der Waals surface area contributed by atoms with E-state index in [2.05, 4.69) is 10.3 Å². The molecule has 0 saturated carbocycles. The van der Waals surface area contributed by atoms with Crippen LogP contribution in [0.1, 0.15) is 24.1 Å². The second-order valence-corrected chi connectivity index (χ2v) is 5.06. The summed E-state index contributed by atoms with van der Waals surface area (Å²) in [4.78, 5) is 4.61. The number of hydrogen-bond donors (Lipinski definition) is 2. The molecule has 3 N–H and O–H groups in total. The molecule has 0 aliphatic rings. The third kappa shape index (κ3) is 3.43. The first kappa shape index (κ1) is 13.8. The number of thiocarbonyl (C=S) groups is 1. The highest BCUT2D eigenvalue weighted by molar-refractivity contribution is 7.80. The van der Waals surface area contributed by atoms with E-state index < -0.39 is 0 Å². The molecular weight excluding hydrogens is 278 g/mol. The Labute approximate surface area is 122 Å². The Kier molecular flexibility index (Phi) is 4.35. The van der Waals surface area contributed by atoms with Gasteiger partial charge in [-0.1, -0.05) is 36.0 Å². The summed E-state index contributed by atoms with van der Waals surface area (Å²) in [5, 5.41) is 4.03. The largest absolute Gasteiger partial charge is 0.389 e. The molecule has 2 aromatic rings. The molecule has 5 heteroatoms. The molecule has 98 valence electrons. The normalized spacial score (nSPS) is 11.9. The molecular formula is C14H14ClN3S. The van der Waals surface area contributed by atoms with Crippen molar-refractivity contribution in [3.05, 3.63) is 58.7 Å². The van der Waals surface area contributed by atoms with E-state index in [0.717, 1.165) is 16.1 Å². The fraction of sp³-hybridized carbons (Fsp3) is 0.143. The third-order valence-electron chi connectivity index (χ3n) is 2.80. The van der Waals surface area contributed by atoms with Crippen molar-refractivity contribution in [2.45, 2.75) is 13.0 Å². The van der Waals surface area contributed by atoms with Crippen LogP contribution in [0, 0.1) is 0 Å². The lowest BCUT2D eigenvalue weighted by molar-refractivity contribution is 0.874. The zero-order chi connectivity index (χ0) is 13.8. The Hall–Kier alpha value is -1.65. The number of nitrogens with two attached hydrogens (primary N) is 1. The molecule has 0 amide bonds. The fourth-order valence-corrected chi connectivity index (χ4v) is 2.05. The average molecular weight is 292 g/mol. The maximum absolute atomic E-state index is 5.88. The molecule has 0 fully saturated rings. The molecule has 0 bridgehead atoms. The van der Waals surface area contributed by atoms with E-state index in [1.807, 2.05) is 43.3 Å². The number of halogens is 1. The van der Waals surface area contributed by atoms with E-state index in [0.29, 0.717) is 10.8 Å². The lowest BCUT2D eigenvalue weighted by Gasteiger charge is -2.17. The lowest BCUT2D eigenvalue weighted by atomic mass is 10.1. The van der Waals surface area contributed by atoms with E-state index >= 15 is 0 Å². The number of hydrogen-bond acceptors (Lipinski definition) is 3. The van der Waals surface area contributed by atoms with Crippen molar-refractivity contribution in [3.63, 3.8) is 0 Å². The fourth-order valence-electron chi connectivity index (χ4n) is 1.76. The standard InChI is InChI=1S/C14H14ClN3S/c1-9(10-4-6-11(15)7-5-10)18-14-12(13(16)19)3-2-8-17-14/h2-9H,1H3,(H2,16,19)(H,17,18). The predicted molar refractivity (Wildman–Crippen MR) is 83.6 cm³/mol. The van der Waals surface area contributed by atoms with Gasteiger partial charge in [0.2, 0.25) is 0 Å². The number of nitrogens with one attached hydrogen (secondary N) is 1. The molecule has 19 heavy (non-hydrogen) atoms. The smallest absolute Gasteiger partial charge is 0.136 e. The van der Waals surface area contributed by atoms with Crippen molar-refractivity contribution < 1.29 is 0 Å². The number of aromatic nitrogens is 1. The maximum atomic E-state index is 5.88. The second kappa shape index (κ2) is 5.99. The van der Waals surface area contributed by atoms with Crippen LogP contribution in [-0.2, 0) is 0 Å². The van der Waals surface area contributed by atoms with Gasteiger partial charge in [-0.2, -0.15) is 0 Å². The summed E-state index contributed by atoms with van der Waals surface area (Å²) < 4.78 is 0. The minimum absolute atomic E-state index is 0.0836. The summed E-state index contributed by atoms with van der Waals surface area (Å²) in [6.45, 7) is 2.04. The first-order valence-corrected chi connectivity index (χ1v) is 6.63. The number of rotatable bonds is 4. The Balaban J connectivity index is 2.21. The predicted octanol–water partition coefficient (Wildman–Crippen LogP) is 3.54. The van der Waals surface area contributed by atoms with Gasteiger partial charge in [0.15, 0.2) is 0 Å². The summed E-state index contributed by atoms with van der Waals surface area (Å²) in [6, 6.07) is 11.4. The van der Waals surface area contributed by atoms with Crippen molar-refractivity contribution >= 4 is 34.6 Å². The zero-order valence-electron chi connectivity index (χ0n) is 10.4. The van der Waals surface area contributed by atoms with Gasteiger partial charge >= 0.3 is 0 Å². The summed E-state index contributed by atoms with van der Waals surface area (Å²) in [5.41, 5.74) is 7.55. The quantitative estimate of drug-likeness (QED) is 0.846. The van der Waals surface area contributed by atoms with Crippen molar-refractivity contribution in [1.29, 1.82) is 0 Å². The molecule has 1 atom stereocenters. The van der Waals surface area contributed by atoms with Crippen LogP contribution >= 0.6 is 23.8 Å². The van der Waals surface area contributed by atoms with E-state index in [1.54, 1.807) is 6.20 Å². The van der Waals surface area contributed by atoms with Crippen molar-refractivity contribution in [2.75, 3.05) is 5.32 Å². The number of nitrogens with zero attached hydrogens (tertiary/aromatic N) is 1. The van der Waals surface area contributed by atoms with Crippen molar-refractivity contribution in [3.8, 4) is 0 Å². The Morgan fingerprint density at radius 3 is 2.63 bits per heavy atom. The van der Waals surface area contributed by atoms with Gasteiger partial charge < -0.3 is 11.1 Å². The molecule has 0 aliphatic carbocycles. The van der Waals surface area contributed by atoms with Gasteiger partial charge in [0.1, 0.15) is 10.8 Å². The van der Waals surface area contributed by atoms with Gasteiger partial charge in [-0.15, -0.1) is 0 Å². The molecule has 1 heterocycles. The van der Waals surface area contributed by atoms with Gasteiger partial charge in [0.05, 0.1) is 5.56 Å². The Morgan fingerprint density at radius 1 is 1.32 bits per heavy atom. The molecule has 2 rings (SSSR count). The molecule has 0 saturated heterocycles. The average Bonchev–Trinajstić information content (AvgIpc) is 2.39. The highest BCUT2D eigenvalue weighted by Gasteiger charge is 2.10. The van der Waals surface area contributed by atoms with Crippen LogP contribution in [0.5, 0.6) is 0 Å². The van der Waals surface area contributed by atoms with Gasteiger partial charge in [-0.05, 0) is 36.8 Å². The summed E-state index contributed by atoms with van der Waals surface area (Å²) in [6.07, 6.45) is 1.71. The van der Waals surface area contributed by atoms with E-state index in [1.165, 1.54) is 0 Å². The first-order chi connectivity index (χ1) is 9.08. The van der Waals surface area contributed by atoms with Crippen molar-refractivity contribution in [1.82, 2.24) is 4.98 Å². The van der Waals surface area contributed by atoms with E-state index in [4.69, 9.17) is 29.6 Å². The Morgan fingerprint density at radius 2 is 2.00 bits per heavy atom. The SMILES string of the molecule is CC(Nc1ncccc1C(N)=S)c1ccc(Cl)cc1. The van der Waals surface area contributed by atoms with Crippen LogP contribution in [0.3, 0.4) is 0 Å². The number of benzene rings is 1. The van der Waals surface area contributed by atoms with Gasteiger partial charge in [0, 0.05) is 17.3 Å². The summed E-state index contributed by atoms with van der Waals surface area (Å²) in [7, 11) is 0. The first-order valence-electron chi connectivity index (χ1n) is 5.84. The minimum atomic E-state index is 0.0836. The topological polar surface area (TPSA) is 50.9 Å². The van der Waals surface area contributed by atoms with Crippen LogP contribution in [0.4, 0.5) is 5.82 Å². The molecule has 0 aliphatic heterocycles. The monoisotopic (exact) mass is 291 g/mol. The van der Waals surface area contributed by atoms with Crippen LogP contribution in [0.2, 0.25) is 5.02 Å². The summed E-state index contributed by atoms with van der Waals surface area (Å²) in [5.74, 6) is 0.692. The van der Waals surface area contributed by atoms with Crippen LogP contribution in [0.25, 0.3) is 0 Å². The highest BCUT2D eigenvalue weighted by atomic mass is 35.5. The summed E-state index contributed by atoms with van der Waals surface area (Å²) >= 11 is 10.9. The number of pyridine rings is 1. The zero-order valence-corrected chi connectivity index (χ0v) is 12.0. The van der Waals surface area contributed by atoms with E-state index in [-0.39, 0.29) is 6.04 Å². The molecule has 3 nitrogen and oxygen atoms in total. The maximum Gasteiger partial charge on any atom is 0.136 e. The van der Waals surface area contributed by atoms with Gasteiger partial charge in [0.25, 0.3) is 0 Å². The number of anilines is 1. The highest BCUT2D eigenvalue weighted by Crippen LogP contribution is 2.21. The molecule has 1 unspecified atom stereocenters. The third-order valence-corrected chi connectivity index (χ3v) is 3.27. The second-order valence-electron chi connectivity index (χ2n) is 4.18. The van der Waals surface area contributed by atoms with E-state index in [9.17, 15) is 0 Å². The van der Waals surface area contributed by atoms with Crippen molar-refractivity contribution in [2.24, 2.45) is 5.73 Å². The lowest BCUT2D eigenvalue weighted by Crippen LogP contribution is -2.16. The van der Waals surface area contributed by atoms with Crippen LogP contribution < -0.4 is 11.1 Å². The molecule has 0 radical (unpaired) electrons. The molecule has 1 aromatic heterocycles. The molecule has 0 spiro atoms. The minimum Gasteiger partial charge on any atom is -0.389 e. The van der Waals surface area contributed by atoms with Crippen LogP contribution in [0.15, 0.2) is 42.6 Å². The van der Waals surface area contributed by atoms with Gasteiger partial charge in [-0.3, -0.25) is 0 Å². The Bertz CT molecular complexity index is 583. The van der Waals surface area contributed by atoms with Crippen LogP contribution in [-0.4, -0.2) is 9.97 Å². The molecule has 1 aromatic carbocycles.